The lowest BCUT2D eigenvalue weighted by Crippen LogP contribution is -2.25. The Kier molecular flexibility index (Phi) is 7.33. The van der Waals surface area contributed by atoms with Gasteiger partial charge in [-0.3, -0.25) is 4.57 Å². The van der Waals surface area contributed by atoms with Crippen molar-refractivity contribution in [1.82, 2.24) is 19.3 Å². The van der Waals surface area contributed by atoms with Gasteiger partial charge in [-0.05, 0) is 101 Å². The van der Waals surface area contributed by atoms with Crippen LogP contribution in [0.4, 0.5) is 0 Å². The summed E-state index contributed by atoms with van der Waals surface area (Å²) in [5.41, 5.74) is 10.4. The van der Waals surface area contributed by atoms with Gasteiger partial charge in [0.05, 0.1) is 28.5 Å². The third-order valence-electron chi connectivity index (χ3n) is 9.36. The van der Waals surface area contributed by atoms with Gasteiger partial charge in [0.1, 0.15) is 17.3 Å². The fraction of sp³-hybridized carbons (Fsp3) is 0.282. The molecule has 7 rings (SSSR count). The lowest BCUT2D eigenvalue weighted by Gasteiger charge is -2.33. The highest BCUT2D eigenvalue weighted by molar-refractivity contribution is 6.09. The molecule has 1 aliphatic rings. The molecule has 0 spiro atoms. The molecule has 0 N–H and O–H groups in total. The Morgan fingerprint density at radius 2 is 1.60 bits per heavy atom. The Morgan fingerprint density at radius 3 is 2.38 bits per heavy atom. The highest BCUT2D eigenvalue weighted by Crippen LogP contribution is 2.42. The predicted octanol–water partition coefficient (Wildman–Crippen LogP) is 9.48. The van der Waals surface area contributed by atoms with E-state index in [2.05, 4.69) is 124 Å². The largest absolute Gasteiger partial charge is 0.457 e. The van der Waals surface area contributed by atoms with Crippen LogP contribution in [0.2, 0.25) is 0 Å². The topological polar surface area (TPSA) is 54.1 Å². The summed E-state index contributed by atoms with van der Waals surface area (Å²) >= 11 is 0. The molecule has 6 aromatic rings. The first-order chi connectivity index (χ1) is 21.7. The van der Waals surface area contributed by atoms with E-state index in [9.17, 15) is 0 Å². The second-order valence-electron chi connectivity index (χ2n) is 12.7. The van der Waals surface area contributed by atoms with E-state index in [1.807, 2.05) is 12.3 Å². The Morgan fingerprint density at radius 1 is 0.800 bits per heavy atom. The highest BCUT2D eigenvalue weighted by Gasteiger charge is 2.32. The van der Waals surface area contributed by atoms with Crippen molar-refractivity contribution < 1.29 is 9.47 Å². The maximum Gasteiger partial charge on any atom is 0.137 e. The molecule has 0 amide bonds. The smallest absolute Gasteiger partial charge is 0.137 e. The Bertz CT molecular complexity index is 2100. The number of ether oxygens (including phenoxy) is 2. The first-order valence-electron chi connectivity index (χ1n) is 15.7. The number of aromatic nitrogens is 4. The molecular formula is C39H40N4O2. The molecule has 228 valence electrons. The van der Waals surface area contributed by atoms with E-state index in [-0.39, 0.29) is 6.10 Å². The molecule has 0 saturated heterocycles. The number of aryl methyl sites for hydroxylation is 3. The third-order valence-corrected chi connectivity index (χ3v) is 9.36. The molecule has 1 unspecified atom stereocenters. The van der Waals surface area contributed by atoms with Gasteiger partial charge in [-0.1, -0.05) is 36.8 Å². The van der Waals surface area contributed by atoms with E-state index < -0.39 is 0 Å². The molecule has 0 radical (unpaired) electrons. The van der Waals surface area contributed by atoms with Gasteiger partial charge >= 0.3 is 0 Å². The summed E-state index contributed by atoms with van der Waals surface area (Å²) in [5, 5.41) is 7.42. The van der Waals surface area contributed by atoms with Gasteiger partial charge in [-0.25, -0.2) is 9.67 Å². The normalized spacial score (nSPS) is 18.5. The van der Waals surface area contributed by atoms with Gasteiger partial charge in [-0.15, -0.1) is 0 Å². The van der Waals surface area contributed by atoms with Crippen LogP contribution in [-0.4, -0.2) is 32.5 Å². The van der Waals surface area contributed by atoms with Crippen LogP contribution in [-0.2, 0) is 4.74 Å². The van der Waals surface area contributed by atoms with E-state index in [0.29, 0.717) is 11.8 Å². The zero-order chi connectivity index (χ0) is 31.4. The quantitative estimate of drug-likeness (QED) is 0.180. The van der Waals surface area contributed by atoms with E-state index in [4.69, 9.17) is 19.6 Å². The van der Waals surface area contributed by atoms with Gasteiger partial charge in [0.2, 0.25) is 0 Å². The number of rotatable bonds is 6. The van der Waals surface area contributed by atoms with E-state index in [0.717, 1.165) is 51.7 Å². The average molecular weight is 597 g/mol. The fourth-order valence-corrected chi connectivity index (χ4v) is 7.40. The van der Waals surface area contributed by atoms with Crippen molar-refractivity contribution >= 4 is 21.8 Å². The van der Waals surface area contributed by atoms with Crippen molar-refractivity contribution in [3.05, 3.63) is 119 Å². The van der Waals surface area contributed by atoms with Crippen LogP contribution in [0.3, 0.4) is 0 Å². The molecule has 45 heavy (non-hydrogen) atoms. The summed E-state index contributed by atoms with van der Waals surface area (Å²) in [7, 11) is 1.80. The van der Waals surface area contributed by atoms with Crippen LogP contribution >= 0.6 is 0 Å². The number of fused-ring (bicyclic) bond motifs is 3. The van der Waals surface area contributed by atoms with Crippen LogP contribution < -0.4 is 4.74 Å². The van der Waals surface area contributed by atoms with Crippen LogP contribution in [0.1, 0.15) is 54.3 Å². The standard InChI is InChI=1S/C39H40N4O2/c1-23-14-15-40-37(18-23)42-35-11-9-8-10-33(35)34-13-12-30(22-36(34)42)45-32-17-24(2)16-29(21-32)43-28(6)39(27(5)41-43)38-25(3)19-31(44-7)20-26(38)4/h8-19,21-22,26,31,38H,20H2,1-7H3/t26-,31?,38+/m0/s1. The summed E-state index contributed by atoms with van der Waals surface area (Å²) in [6.45, 7) is 13.1. The number of benzene rings is 3. The molecule has 3 aromatic carbocycles. The number of methoxy groups -OCH3 is 1. The van der Waals surface area contributed by atoms with Gasteiger partial charge in [-0.2, -0.15) is 5.10 Å². The van der Waals surface area contributed by atoms with E-state index >= 15 is 0 Å². The number of nitrogens with zero attached hydrogens (tertiary/aromatic N) is 4. The first-order valence-corrected chi connectivity index (χ1v) is 15.7. The molecule has 0 bridgehead atoms. The predicted molar refractivity (Wildman–Crippen MR) is 182 cm³/mol. The molecule has 1 aliphatic carbocycles. The van der Waals surface area contributed by atoms with Gasteiger partial charge in [0, 0.05) is 53.4 Å². The number of pyridine rings is 1. The summed E-state index contributed by atoms with van der Waals surface area (Å²) < 4.78 is 16.6. The molecule has 6 nitrogen and oxygen atoms in total. The lowest BCUT2D eigenvalue weighted by atomic mass is 9.74. The van der Waals surface area contributed by atoms with E-state index in [1.54, 1.807) is 7.11 Å². The minimum atomic E-state index is 0.178. The zero-order valence-electron chi connectivity index (χ0n) is 27.1. The Hall–Kier alpha value is -4.68. The number of hydrogen-bond donors (Lipinski definition) is 0. The minimum absolute atomic E-state index is 0.178. The Labute approximate surface area is 264 Å². The second kappa shape index (κ2) is 11.4. The van der Waals surface area contributed by atoms with Gasteiger partial charge in [0.25, 0.3) is 0 Å². The average Bonchev–Trinajstić information content (AvgIpc) is 3.49. The van der Waals surface area contributed by atoms with Crippen molar-refractivity contribution in [2.75, 3.05) is 7.11 Å². The van der Waals surface area contributed by atoms with Crippen molar-refractivity contribution in [3.63, 3.8) is 0 Å². The number of para-hydroxylation sites is 1. The zero-order valence-corrected chi connectivity index (χ0v) is 27.1. The molecule has 6 heteroatoms. The van der Waals surface area contributed by atoms with Gasteiger partial charge in [0.15, 0.2) is 0 Å². The summed E-state index contributed by atoms with van der Waals surface area (Å²) in [4.78, 5) is 4.72. The lowest BCUT2D eigenvalue weighted by molar-refractivity contribution is 0.108. The molecule has 3 heterocycles. The summed E-state index contributed by atoms with van der Waals surface area (Å²) in [6, 6.07) is 25.3. The third kappa shape index (κ3) is 5.13. The molecule has 3 aromatic heterocycles. The first kappa shape index (κ1) is 29.1. The summed E-state index contributed by atoms with van der Waals surface area (Å²) in [6.07, 6.45) is 5.34. The number of hydrogen-bond acceptors (Lipinski definition) is 4. The summed E-state index contributed by atoms with van der Waals surface area (Å²) in [5.74, 6) is 3.24. The van der Waals surface area contributed by atoms with Crippen LogP contribution in [0.25, 0.3) is 33.3 Å². The van der Waals surface area contributed by atoms with Crippen molar-refractivity contribution in [1.29, 1.82) is 0 Å². The molecular weight excluding hydrogens is 556 g/mol. The Balaban J connectivity index is 1.27. The van der Waals surface area contributed by atoms with Crippen molar-refractivity contribution in [2.45, 2.75) is 60.0 Å². The van der Waals surface area contributed by atoms with E-state index in [1.165, 1.54) is 33.2 Å². The van der Waals surface area contributed by atoms with Crippen LogP contribution in [0.15, 0.2) is 90.6 Å². The maximum atomic E-state index is 6.59. The van der Waals surface area contributed by atoms with Gasteiger partial charge < -0.3 is 9.47 Å². The number of allylic oxidation sites excluding steroid dienone is 1. The minimum Gasteiger partial charge on any atom is -0.457 e. The van der Waals surface area contributed by atoms with Crippen molar-refractivity contribution in [2.24, 2.45) is 5.92 Å². The highest BCUT2D eigenvalue weighted by atomic mass is 16.5. The molecule has 0 aliphatic heterocycles. The molecule has 0 fully saturated rings. The second-order valence-corrected chi connectivity index (χ2v) is 12.7. The van der Waals surface area contributed by atoms with Crippen LogP contribution in [0.5, 0.6) is 11.5 Å². The van der Waals surface area contributed by atoms with Crippen molar-refractivity contribution in [3.8, 4) is 23.0 Å². The monoisotopic (exact) mass is 596 g/mol. The fourth-order valence-electron chi connectivity index (χ4n) is 7.40. The van der Waals surface area contributed by atoms with Crippen LogP contribution in [0, 0.1) is 33.6 Å². The molecule has 3 atom stereocenters. The maximum absolute atomic E-state index is 6.59. The molecule has 0 saturated carbocycles. The SMILES string of the molecule is COC1C=C(C)[C@@H](c2c(C)nn(-c3cc(C)cc(Oc4ccc5c6ccccc6n(-c6cc(C)ccn6)c5c4)c3)c2C)[C@@H](C)C1.